The number of nitrogens with zero attached hydrogens (tertiary/aromatic N) is 2. The van der Waals surface area contributed by atoms with Gasteiger partial charge in [0, 0.05) is 56.7 Å². The molecule has 1 aromatic carbocycles. The van der Waals surface area contributed by atoms with Crippen LogP contribution in [0.1, 0.15) is 62.7 Å². The average molecular weight is 608 g/mol. The molecule has 3 fully saturated rings. The van der Waals surface area contributed by atoms with Crippen LogP contribution in [0.3, 0.4) is 0 Å². The first-order valence-corrected chi connectivity index (χ1v) is 15.0. The lowest BCUT2D eigenvalue weighted by Crippen LogP contribution is -2.54. The van der Waals surface area contributed by atoms with Crippen molar-refractivity contribution in [3.8, 4) is 0 Å². The summed E-state index contributed by atoms with van der Waals surface area (Å²) < 4.78 is 56.1. The number of hydrogen-bond donors (Lipinski definition) is 3. The number of nitrogens with two attached hydrogens (primary N) is 1. The minimum absolute atomic E-state index is 0.0257. The van der Waals surface area contributed by atoms with Crippen molar-refractivity contribution in [1.29, 1.82) is 0 Å². The van der Waals surface area contributed by atoms with Crippen LogP contribution in [-0.2, 0) is 25.2 Å². The molecule has 3 aliphatic rings. The summed E-state index contributed by atoms with van der Waals surface area (Å²) in [7, 11) is 1.70. The van der Waals surface area contributed by atoms with Crippen molar-refractivity contribution in [3.05, 3.63) is 58.9 Å². The molecule has 3 saturated heterocycles. The number of likely N-dealkylation sites (tertiary alicyclic amines) is 1. The molecule has 4 rings (SSSR count). The first kappa shape index (κ1) is 33.0. The van der Waals surface area contributed by atoms with Crippen molar-refractivity contribution in [2.45, 2.75) is 82.0 Å². The highest BCUT2D eigenvalue weighted by Gasteiger charge is 2.32. The third kappa shape index (κ3) is 8.81. The van der Waals surface area contributed by atoms with Gasteiger partial charge in [0.05, 0.1) is 36.8 Å². The van der Waals surface area contributed by atoms with E-state index in [4.69, 9.17) is 19.9 Å². The molecule has 43 heavy (non-hydrogen) atoms. The van der Waals surface area contributed by atoms with E-state index in [9.17, 15) is 18.0 Å². The van der Waals surface area contributed by atoms with Crippen molar-refractivity contribution in [2.24, 2.45) is 10.7 Å². The number of carbonyl (C=O) groups is 1. The van der Waals surface area contributed by atoms with Gasteiger partial charge in [-0.2, -0.15) is 13.2 Å². The number of aliphatic imine (C=N–C) groups is 1. The fraction of sp³-hybridized carbons (Fsp3) is 0.613. The highest BCUT2D eigenvalue weighted by Crippen LogP contribution is 2.34. The Balaban J connectivity index is 1.30. The predicted molar refractivity (Wildman–Crippen MR) is 158 cm³/mol. The summed E-state index contributed by atoms with van der Waals surface area (Å²) in [5.41, 5.74) is 7.04. The Bertz CT molecular complexity index is 1150. The molecule has 0 bridgehead atoms. The average Bonchev–Trinajstić information content (AvgIpc) is 3.02. The van der Waals surface area contributed by atoms with Gasteiger partial charge in [0.2, 0.25) is 0 Å². The Labute approximate surface area is 251 Å². The number of ether oxygens (including phenoxy) is 3. The molecule has 3 aliphatic heterocycles. The summed E-state index contributed by atoms with van der Waals surface area (Å²) >= 11 is 0. The molecule has 12 heteroatoms. The molecule has 0 saturated carbocycles. The van der Waals surface area contributed by atoms with Gasteiger partial charge in [0.1, 0.15) is 5.70 Å². The van der Waals surface area contributed by atoms with Crippen LogP contribution in [0.5, 0.6) is 0 Å². The van der Waals surface area contributed by atoms with Gasteiger partial charge in [-0.05, 0) is 63.1 Å². The largest absolute Gasteiger partial charge is 0.416 e. The minimum Gasteiger partial charge on any atom is -0.390 e. The van der Waals surface area contributed by atoms with Gasteiger partial charge in [-0.15, -0.1) is 0 Å². The van der Waals surface area contributed by atoms with E-state index < -0.39 is 11.7 Å². The van der Waals surface area contributed by atoms with Gasteiger partial charge >= 0.3 is 6.18 Å². The normalized spacial score (nSPS) is 26.3. The molecule has 238 valence electrons. The summed E-state index contributed by atoms with van der Waals surface area (Å²) in [6.07, 6.45) is 1.27. The van der Waals surface area contributed by atoms with Gasteiger partial charge in [-0.1, -0.05) is 18.7 Å². The topological polar surface area (TPSA) is 110 Å². The number of amides is 1. The lowest BCUT2D eigenvalue weighted by atomic mass is 9.97. The molecule has 3 heterocycles. The van der Waals surface area contributed by atoms with Gasteiger partial charge in [-0.3, -0.25) is 4.79 Å². The van der Waals surface area contributed by atoms with E-state index in [1.54, 1.807) is 18.9 Å². The fourth-order valence-corrected chi connectivity index (χ4v) is 5.92. The van der Waals surface area contributed by atoms with Crippen LogP contribution in [0.25, 0.3) is 0 Å². The molecule has 4 N–H and O–H groups in total. The molecule has 0 aliphatic carbocycles. The number of halogens is 3. The predicted octanol–water partition coefficient (Wildman–Crippen LogP) is 4.06. The third-order valence-electron chi connectivity index (χ3n) is 8.55. The van der Waals surface area contributed by atoms with Gasteiger partial charge in [0.25, 0.3) is 5.91 Å². The maximum Gasteiger partial charge on any atom is 0.416 e. The SMILES string of the molecule is C=C(NC[C@@H]1CCC[C@H](c2ccc(C(F)(F)F)cc2)O1)/C(C)=C(\N=C/N)C(=O)N1CCC(N[C@@H]2CCOC[C@@H]2OC)CC1. The number of alkyl halides is 3. The third-order valence-corrected chi connectivity index (χ3v) is 8.55. The molecule has 0 spiro atoms. The zero-order valence-corrected chi connectivity index (χ0v) is 25.0. The molecule has 1 amide bonds. The smallest absolute Gasteiger partial charge is 0.390 e. The van der Waals surface area contributed by atoms with Crippen LogP contribution in [0.2, 0.25) is 0 Å². The number of hydrogen-bond acceptors (Lipinski definition) is 7. The summed E-state index contributed by atoms with van der Waals surface area (Å²) in [5, 5.41) is 6.97. The number of allylic oxidation sites excluding steroid dienone is 1. The Kier molecular flexibility index (Phi) is 11.6. The quantitative estimate of drug-likeness (QED) is 0.159. The van der Waals surface area contributed by atoms with Gasteiger partial charge in [-0.25, -0.2) is 4.99 Å². The van der Waals surface area contributed by atoms with Gasteiger partial charge in [0.15, 0.2) is 0 Å². The molecular weight excluding hydrogens is 563 g/mol. The van der Waals surface area contributed by atoms with E-state index in [0.717, 1.165) is 62.6 Å². The van der Waals surface area contributed by atoms with Gasteiger partial charge < -0.3 is 35.5 Å². The van der Waals surface area contributed by atoms with Crippen molar-refractivity contribution in [1.82, 2.24) is 15.5 Å². The highest BCUT2D eigenvalue weighted by molar-refractivity contribution is 5.95. The Morgan fingerprint density at radius 2 is 1.91 bits per heavy atom. The lowest BCUT2D eigenvalue weighted by Gasteiger charge is -2.38. The second kappa shape index (κ2) is 15.2. The lowest BCUT2D eigenvalue weighted by molar-refractivity contribution is -0.137. The Hall–Kier alpha value is -2.93. The Morgan fingerprint density at radius 1 is 1.19 bits per heavy atom. The Morgan fingerprint density at radius 3 is 2.56 bits per heavy atom. The summed E-state index contributed by atoms with van der Waals surface area (Å²) in [5.74, 6) is -0.197. The van der Waals surface area contributed by atoms with Crippen molar-refractivity contribution in [2.75, 3.05) is 40.0 Å². The first-order valence-electron chi connectivity index (χ1n) is 15.0. The van der Waals surface area contributed by atoms with E-state index >= 15 is 0 Å². The van der Waals surface area contributed by atoms with E-state index in [0.29, 0.717) is 44.1 Å². The monoisotopic (exact) mass is 607 g/mol. The molecule has 0 aromatic heterocycles. The zero-order chi connectivity index (χ0) is 31.0. The molecular formula is C31H44F3N5O4. The molecule has 0 unspecified atom stereocenters. The van der Waals surface area contributed by atoms with E-state index in [1.807, 2.05) is 0 Å². The first-order chi connectivity index (χ1) is 20.6. The number of rotatable bonds is 10. The summed E-state index contributed by atoms with van der Waals surface area (Å²) in [6.45, 7) is 8.83. The molecule has 9 nitrogen and oxygen atoms in total. The fourth-order valence-electron chi connectivity index (χ4n) is 5.92. The maximum atomic E-state index is 13.5. The molecule has 4 atom stereocenters. The van der Waals surface area contributed by atoms with Crippen LogP contribution in [0.15, 0.2) is 52.8 Å². The molecule has 1 aromatic rings. The number of benzene rings is 1. The minimum atomic E-state index is -4.37. The van der Waals surface area contributed by atoms with E-state index in [1.165, 1.54) is 12.1 Å². The van der Waals surface area contributed by atoms with Crippen LogP contribution in [0.4, 0.5) is 13.2 Å². The van der Waals surface area contributed by atoms with Crippen LogP contribution >= 0.6 is 0 Å². The number of carbonyl (C=O) groups excluding carboxylic acids is 1. The van der Waals surface area contributed by atoms with Crippen molar-refractivity contribution < 1.29 is 32.2 Å². The second-order valence-electron chi connectivity index (χ2n) is 11.4. The highest BCUT2D eigenvalue weighted by atomic mass is 19.4. The standard InChI is InChI=1S/C31H44F3N5O4/c1-20(21(2)36-17-25-5-4-6-27(43-25)22-7-9-23(10-8-22)31(32,33)34)29(37-19-35)30(40)39-14-11-24(12-15-39)38-26-13-16-42-18-28(26)41-3/h7-10,19,24-28,36,38H,2,4-6,11-18H2,1,3H3,(H2,35,37)/b29-20-/t25-,26+,27+,28-/m0/s1. The molecule has 0 radical (unpaired) electrons. The van der Waals surface area contributed by atoms with Crippen molar-refractivity contribution >= 4 is 12.2 Å². The van der Waals surface area contributed by atoms with E-state index in [-0.39, 0.29) is 42.0 Å². The second-order valence-corrected chi connectivity index (χ2v) is 11.4. The number of nitrogens with one attached hydrogen (secondary N) is 2. The van der Waals surface area contributed by atoms with Crippen LogP contribution < -0.4 is 16.4 Å². The summed E-state index contributed by atoms with van der Waals surface area (Å²) in [6, 6.07) is 5.67. The zero-order valence-electron chi connectivity index (χ0n) is 25.0. The maximum absolute atomic E-state index is 13.5. The summed E-state index contributed by atoms with van der Waals surface area (Å²) in [4.78, 5) is 19.5. The number of piperidine rings is 1. The van der Waals surface area contributed by atoms with Crippen LogP contribution in [-0.4, -0.2) is 81.4 Å². The number of methoxy groups -OCH3 is 1. The van der Waals surface area contributed by atoms with E-state index in [2.05, 4.69) is 22.2 Å². The van der Waals surface area contributed by atoms with Crippen molar-refractivity contribution in [3.63, 3.8) is 0 Å². The van der Waals surface area contributed by atoms with Crippen LogP contribution in [0, 0.1) is 0 Å².